The highest BCUT2D eigenvalue weighted by atomic mass is 19.4. The molecule has 0 atom stereocenters. The third-order valence-electron chi connectivity index (χ3n) is 5.56. The predicted octanol–water partition coefficient (Wildman–Crippen LogP) is 3.74. The number of carbonyl (C=O) groups excluding carboxylic acids is 2. The highest BCUT2D eigenvalue weighted by Gasteiger charge is 2.30. The number of aliphatic imine (C=N–C) groups is 1. The van der Waals surface area contributed by atoms with Crippen molar-refractivity contribution in [1.82, 2.24) is 20.2 Å². The second-order valence-electron chi connectivity index (χ2n) is 8.10. The molecule has 0 saturated heterocycles. The normalized spacial score (nSPS) is 12.1. The fourth-order valence-electron chi connectivity index (χ4n) is 3.64. The molecule has 3 aromatic rings. The lowest BCUT2D eigenvalue weighted by atomic mass is 10.1. The van der Waals surface area contributed by atoms with Crippen molar-refractivity contribution in [1.29, 1.82) is 0 Å². The Kier molecular flexibility index (Phi) is 8.49. The monoisotopic (exact) mass is 512 g/mol. The average Bonchev–Trinajstić information content (AvgIpc) is 3.26. The molecule has 2 amide bonds. The van der Waals surface area contributed by atoms with E-state index in [4.69, 9.17) is 5.73 Å². The summed E-state index contributed by atoms with van der Waals surface area (Å²) in [6.45, 7) is 0.369. The van der Waals surface area contributed by atoms with Crippen LogP contribution in [0.3, 0.4) is 0 Å². The van der Waals surface area contributed by atoms with Crippen molar-refractivity contribution >= 4 is 29.8 Å². The van der Waals surface area contributed by atoms with Gasteiger partial charge in [0.2, 0.25) is 0 Å². The molecule has 0 aliphatic heterocycles. The number of nitrogens with zero attached hydrogens (tertiary/aromatic N) is 3. The molecule has 0 fully saturated rings. The van der Waals surface area contributed by atoms with Gasteiger partial charge in [-0.1, -0.05) is 18.2 Å². The van der Waals surface area contributed by atoms with Crippen molar-refractivity contribution < 1.29 is 22.8 Å². The van der Waals surface area contributed by atoms with E-state index >= 15 is 0 Å². The summed E-state index contributed by atoms with van der Waals surface area (Å²) in [5, 5.41) is 5.76. The van der Waals surface area contributed by atoms with E-state index in [1.54, 1.807) is 50.1 Å². The number of amidine groups is 1. The van der Waals surface area contributed by atoms with Crippen LogP contribution >= 0.6 is 0 Å². The van der Waals surface area contributed by atoms with Crippen LogP contribution in [-0.2, 0) is 13.2 Å². The maximum Gasteiger partial charge on any atom is 0.416 e. The molecule has 2 aromatic heterocycles. The van der Waals surface area contributed by atoms with Gasteiger partial charge < -0.3 is 20.9 Å². The lowest BCUT2D eigenvalue weighted by Gasteiger charge is -2.07. The Labute approximate surface area is 212 Å². The van der Waals surface area contributed by atoms with Gasteiger partial charge in [0.25, 0.3) is 11.8 Å². The topological polar surface area (TPSA) is 114 Å². The smallest absolute Gasteiger partial charge is 0.377 e. The molecule has 0 saturated carbocycles. The molecule has 8 nitrogen and oxygen atoms in total. The third-order valence-corrected chi connectivity index (χ3v) is 5.56. The van der Waals surface area contributed by atoms with Crippen molar-refractivity contribution in [3.05, 3.63) is 76.7 Å². The van der Waals surface area contributed by atoms with Crippen LogP contribution in [0, 0.1) is 0 Å². The summed E-state index contributed by atoms with van der Waals surface area (Å²) < 4.78 is 40.6. The molecule has 0 aliphatic rings. The Morgan fingerprint density at radius 1 is 1.16 bits per heavy atom. The highest BCUT2D eigenvalue weighted by molar-refractivity contribution is 6.00. The molecule has 2 heterocycles. The zero-order valence-electron chi connectivity index (χ0n) is 20.6. The fourth-order valence-corrected chi connectivity index (χ4v) is 3.64. The maximum absolute atomic E-state index is 13.0. The van der Waals surface area contributed by atoms with Crippen LogP contribution in [0.25, 0.3) is 23.4 Å². The van der Waals surface area contributed by atoms with Gasteiger partial charge in [-0.05, 0) is 42.0 Å². The quantitative estimate of drug-likeness (QED) is 0.315. The minimum Gasteiger partial charge on any atom is -0.377 e. The molecule has 11 heteroatoms. The lowest BCUT2D eigenvalue weighted by Crippen LogP contribution is -2.30. The molecule has 0 bridgehead atoms. The number of halogens is 3. The standard InChI is InChI=1S/C26H27F3N6O2/c1-31-22(32-2)11-12-33-25(37)21-14-17(15-35(21)3)23-20(24(30)36)10-9-19(34-23)8-7-16-5-4-6-18(13-16)26(27,28)29/h4-10,13-15H,11-12H2,1-3H3,(H2,30,36)(H,31,32)(H,33,37)/b8-7+. The van der Waals surface area contributed by atoms with Gasteiger partial charge in [0, 0.05) is 45.9 Å². The van der Waals surface area contributed by atoms with Crippen LogP contribution in [0.5, 0.6) is 0 Å². The first-order valence-corrected chi connectivity index (χ1v) is 11.3. The summed E-state index contributed by atoms with van der Waals surface area (Å²) in [6, 6.07) is 9.52. The molecule has 194 valence electrons. The number of primary amides is 1. The highest BCUT2D eigenvalue weighted by Crippen LogP contribution is 2.30. The second kappa shape index (κ2) is 11.5. The number of alkyl halides is 3. The number of nitrogens with one attached hydrogen (secondary N) is 2. The molecule has 0 aliphatic carbocycles. The van der Waals surface area contributed by atoms with E-state index in [1.807, 2.05) is 0 Å². The number of nitrogens with two attached hydrogens (primary N) is 1. The van der Waals surface area contributed by atoms with Crippen molar-refractivity contribution in [2.24, 2.45) is 17.8 Å². The van der Waals surface area contributed by atoms with Gasteiger partial charge >= 0.3 is 6.18 Å². The molecule has 3 rings (SSSR count). The summed E-state index contributed by atoms with van der Waals surface area (Å²) in [5.74, 6) is -0.274. The van der Waals surface area contributed by atoms with Crippen LogP contribution in [0.15, 0.2) is 53.7 Å². The Hall–Kier alpha value is -4.41. The number of aromatic nitrogens is 2. The summed E-state index contributed by atoms with van der Waals surface area (Å²) in [7, 11) is 5.09. The number of hydrogen-bond acceptors (Lipinski definition) is 4. The molecule has 0 radical (unpaired) electrons. The number of aryl methyl sites for hydroxylation is 1. The Bertz CT molecular complexity index is 1360. The van der Waals surface area contributed by atoms with Gasteiger partial charge in [0.15, 0.2) is 0 Å². The maximum atomic E-state index is 13.0. The molecule has 0 spiro atoms. The summed E-state index contributed by atoms with van der Waals surface area (Å²) in [4.78, 5) is 33.3. The van der Waals surface area contributed by atoms with E-state index < -0.39 is 17.6 Å². The van der Waals surface area contributed by atoms with E-state index in [0.29, 0.717) is 35.5 Å². The first kappa shape index (κ1) is 27.2. The number of benzene rings is 1. The van der Waals surface area contributed by atoms with Gasteiger partial charge in [0.05, 0.1) is 28.4 Å². The van der Waals surface area contributed by atoms with Gasteiger partial charge in [0.1, 0.15) is 5.69 Å². The van der Waals surface area contributed by atoms with Crippen LogP contribution in [-0.4, -0.2) is 47.8 Å². The Morgan fingerprint density at radius 2 is 1.92 bits per heavy atom. The molecule has 1 aromatic carbocycles. The van der Waals surface area contributed by atoms with Crippen molar-refractivity contribution in [2.45, 2.75) is 12.6 Å². The molecule has 0 unspecified atom stereocenters. The lowest BCUT2D eigenvalue weighted by molar-refractivity contribution is -0.137. The molecular weight excluding hydrogens is 485 g/mol. The summed E-state index contributed by atoms with van der Waals surface area (Å²) in [5.41, 5.74) is 6.75. The van der Waals surface area contributed by atoms with Crippen LogP contribution in [0.2, 0.25) is 0 Å². The van der Waals surface area contributed by atoms with Crippen molar-refractivity contribution in [3.63, 3.8) is 0 Å². The van der Waals surface area contributed by atoms with Crippen LogP contribution in [0.4, 0.5) is 13.2 Å². The first-order chi connectivity index (χ1) is 17.5. The Balaban J connectivity index is 1.88. The minimum absolute atomic E-state index is 0.145. The number of carbonyl (C=O) groups is 2. The average molecular weight is 513 g/mol. The van der Waals surface area contributed by atoms with E-state index in [1.165, 1.54) is 24.3 Å². The fraction of sp³-hybridized carbons (Fsp3) is 0.231. The molecule has 37 heavy (non-hydrogen) atoms. The van der Waals surface area contributed by atoms with Crippen molar-refractivity contribution in [3.8, 4) is 11.3 Å². The van der Waals surface area contributed by atoms with Crippen LogP contribution < -0.4 is 16.4 Å². The first-order valence-electron chi connectivity index (χ1n) is 11.3. The van der Waals surface area contributed by atoms with Crippen molar-refractivity contribution in [2.75, 3.05) is 20.6 Å². The van der Waals surface area contributed by atoms with Gasteiger partial charge in [-0.15, -0.1) is 0 Å². The minimum atomic E-state index is -4.45. The number of hydrogen-bond donors (Lipinski definition) is 3. The number of pyridine rings is 1. The summed E-state index contributed by atoms with van der Waals surface area (Å²) in [6.07, 6.45) is 0.762. The summed E-state index contributed by atoms with van der Waals surface area (Å²) >= 11 is 0. The Morgan fingerprint density at radius 3 is 2.57 bits per heavy atom. The van der Waals surface area contributed by atoms with Gasteiger partial charge in [-0.2, -0.15) is 13.2 Å². The van der Waals surface area contributed by atoms with Gasteiger partial charge in [-0.25, -0.2) is 4.98 Å². The number of amides is 2. The van der Waals surface area contributed by atoms with E-state index in [9.17, 15) is 22.8 Å². The SMILES string of the molecule is C/N=C(/CCNC(=O)c1cc(-c2nc(/C=C/c3cccc(C(F)(F)F)c3)ccc2C(N)=O)cn1C)NC. The van der Waals surface area contributed by atoms with E-state index in [-0.39, 0.29) is 17.2 Å². The predicted molar refractivity (Wildman–Crippen MR) is 137 cm³/mol. The third kappa shape index (κ3) is 6.84. The van der Waals surface area contributed by atoms with E-state index in [0.717, 1.165) is 18.0 Å². The molecule has 4 N–H and O–H groups in total. The van der Waals surface area contributed by atoms with Gasteiger partial charge in [-0.3, -0.25) is 14.6 Å². The zero-order chi connectivity index (χ0) is 27.2. The molecular formula is C26H27F3N6O2. The second-order valence-corrected chi connectivity index (χ2v) is 8.10. The number of rotatable bonds is 8. The van der Waals surface area contributed by atoms with E-state index in [2.05, 4.69) is 20.6 Å². The largest absolute Gasteiger partial charge is 0.416 e. The van der Waals surface area contributed by atoms with Crippen LogP contribution in [0.1, 0.15) is 44.1 Å². The zero-order valence-corrected chi connectivity index (χ0v) is 20.6.